The Kier molecular flexibility index (Phi) is 11.4. The van der Waals surface area contributed by atoms with E-state index in [2.05, 4.69) is 15.5 Å². The number of likely N-dealkylation sites (tertiary alicyclic amines) is 1. The molecule has 2 fully saturated rings. The largest absolute Gasteiger partial charge is 0.381 e. The standard InChI is InChI=1S/C16H31N3O2.2ClH/c1-14(12-17-2)15(20)18-13-16(6-10-21-11-7-16)19-8-4-3-5-9-19;;/h14,17H,3-13H2,1-2H3,(H,18,20);2*1H. The molecule has 0 spiro atoms. The topological polar surface area (TPSA) is 53.6 Å². The Morgan fingerprint density at radius 1 is 1.17 bits per heavy atom. The molecule has 2 N–H and O–H groups in total. The predicted octanol–water partition coefficient (Wildman–Crippen LogP) is 1.84. The van der Waals surface area contributed by atoms with E-state index in [0.29, 0.717) is 0 Å². The molecule has 0 bridgehead atoms. The van der Waals surface area contributed by atoms with Gasteiger partial charge in [-0.25, -0.2) is 0 Å². The van der Waals surface area contributed by atoms with Gasteiger partial charge in [0.1, 0.15) is 0 Å². The summed E-state index contributed by atoms with van der Waals surface area (Å²) >= 11 is 0. The number of rotatable bonds is 6. The van der Waals surface area contributed by atoms with Gasteiger partial charge in [-0.05, 0) is 45.8 Å². The summed E-state index contributed by atoms with van der Waals surface area (Å²) in [6.07, 6.45) is 5.98. The van der Waals surface area contributed by atoms with Crippen LogP contribution in [0.4, 0.5) is 0 Å². The molecule has 7 heteroatoms. The molecule has 2 aliphatic heterocycles. The minimum absolute atomic E-state index is 0. The fraction of sp³-hybridized carbons (Fsp3) is 0.938. The molecule has 5 nitrogen and oxygen atoms in total. The molecule has 0 radical (unpaired) electrons. The maximum absolute atomic E-state index is 12.2. The quantitative estimate of drug-likeness (QED) is 0.749. The third kappa shape index (κ3) is 6.39. The van der Waals surface area contributed by atoms with Crippen molar-refractivity contribution in [2.24, 2.45) is 5.92 Å². The fourth-order valence-corrected chi connectivity index (χ4v) is 3.55. The number of carbonyl (C=O) groups excluding carboxylic acids is 1. The van der Waals surface area contributed by atoms with Gasteiger partial charge in [0.15, 0.2) is 0 Å². The molecule has 0 aromatic rings. The zero-order chi connectivity index (χ0) is 15.1. The van der Waals surface area contributed by atoms with Crippen molar-refractivity contribution in [3.63, 3.8) is 0 Å². The van der Waals surface area contributed by atoms with Gasteiger partial charge in [-0.1, -0.05) is 13.3 Å². The van der Waals surface area contributed by atoms with Gasteiger partial charge in [-0.2, -0.15) is 0 Å². The first-order valence-corrected chi connectivity index (χ1v) is 8.43. The summed E-state index contributed by atoms with van der Waals surface area (Å²) in [6.45, 7) is 7.44. The molecule has 23 heavy (non-hydrogen) atoms. The second-order valence-corrected chi connectivity index (χ2v) is 6.56. The molecule has 2 aliphatic rings. The highest BCUT2D eigenvalue weighted by molar-refractivity contribution is 5.85. The molecule has 0 aromatic carbocycles. The smallest absolute Gasteiger partial charge is 0.224 e. The lowest BCUT2D eigenvalue weighted by molar-refractivity contribution is -0.125. The molecule has 1 atom stereocenters. The van der Waals surface area contributed by atoms with Crippen LogP contribution in [0.15, 0.2) is 0 Å². The number of hydrogen-bond acceptors (Lipinski definition) is 4. The number of amides is 1. The van der Waals surface area contributed by atoms with Crippen molar-refractivity contribution < 1.29 is 9.53 Å². The lowest BCUT2D eigenvalue weighted by Gasteiger charge is -2.48. The number of carbonyl (C=O) groups is 1. The summed E-state index contributed by atoms with van der Waals surface area (Å²) in [6, 6.07) is 0. The molecular weight excluding hydrogens is 337 g/mol. The zero-order valence-corrected chi connectivity index (χ0v) is 16.1. The summed E-state index contributed by atoms with van der Waals surface area (Å²) in [4.78, 5) is 14.8. The average Bonchev–Trinajstić information content (AvgIpc) is 2.54. The first kappa shape index (κ1) is 22.9. The number of hydrogen-bond donors (Lipinski definition) is 2. The van der Waals surface area contributed by atoms with Crippen LogP contribution < -0.4 is 10.6 Å². The second kappa shape index (κ2) is 11.5. The number of piperidine rings is 1. The Labute approximate surface area is 153 Å². The normalized spacial score (nSPS) is 22.3. The van der Waals surface area contributed by atoms with E-state index in [-0.39, 0.29) is 42.2 Å². The van der Waals surface area contributed by atoms with E-state index in [0.717, 1.165) is 39.1 Å². The Balaban J connectivity index is 0.00000242. The summed E-state index contributed by atoms with van der Waals surface area (Å²) in [7, 11) is 1.89. The minimum atomic E-state index is 0. The minimum Gasteiger partial charge on any atom is -0.381 e. The van der Waals surface area contributed by atoms with Gasteiger partial charge >= 0.3 is 0 Å². The van der Waals surface area contributed by atoms with Gasteiger partial charge in [0, 0.05) is 37.8 Å². The van der Waals surface area contributed by atoms with E-state index >= 15 is 0 Å². The van der Waals surface area contributed by atoms with Crippen molar-refractivity contribution in [2.75, 3.05) is 46.4 Å². The highest BCUT2D eigenvalue weighted by atomic mass is 35.5. The van der Waals surface area contributed by atoms with Crippen LogP contribution in [0.1, 0.15) is 39.0 Å². The SMILES string of the molecule is CNCC(C)C(=O)NCC1(N2CCCCC2)CCOCC1.Cl.Cl. The number of halogens is 2. The van der Waals surface area contributed by atoms with Gasteiger partial charge in [0.25, 0.3) is 0 Å². The molecular formula is C16H33Cl2N3O2. The van der Waals surface area contributed by atoms with Crippen molar-refractivity contribution in [1.29, 1.82) is 0 Å². The van der Waals surface area contributed by atoms with Gasteiger partial charge in [-0.3, -0.25) is 9.69 Å². The van der Waals surface area contributed by atoms with Crippen LogP contribution in [-0.4, -0.2) is 62.8 Å². The average molecular weight is 370 g/mol. The van der Waals surface area contributed by atoms with Crippen LogP contribution >= 0.6 is 24.8 Å². The van der Waals surface area contributed by atoms with Crippen LogP contribution in [0, 0.1) is 5.92 Å². The molecule has 2 heterocycles. The van der Waals surface area contributed by atoms with E-state index in [9.17, 15) is 4.79 Å². The summed E-state index contributed by atoms with van der Waals surface area (Å²) in [5.74, 6) is 0.181. The van der Waals surface area contributed by atoms with Crippen LogP contribution in [0.5, 0.6) is 0 Å². The van der Waals surface area contributed by atoms with Crippen LogP contribution in [0.2, 0.25) is 0 Å². The predicted molar refractivity (Wildman–Crippen MR) is 98.8 cm³/mol. The molecule has 2 rings (SSSR count). The molecule has 0 saturated carbocycles. The lowest BCUT2D eigenvalue weighted by Crippen LogP contribution is -2.60. The van der Waals surface area contributed by atoms with Gasteiger partial charge in [0.05, 0.1) is 0 Å². The lowest BCUT2D eigenvalue weighted by atomic mass is 9.86. The molecule has 138 valence electrons. The first-order valence-electron chi connectivity index (χ1n) is 8.43. The van der Waals surface area contributed by atoms with Crippen molar-refractivity contribution in [3.05, 3.63) is 0 Å². The van der Waals surface area contributed by atoms with E-state index < -0.39 is 0 Å². The van der Waals surface area contributed by atoms with E-state index in [1.807, 2.05) is 14.0 Å². The fourth-order valence-electron chi connectivity index (χ4n) is 3.55. The van der Waals surface area contributed by atoms with Crippen LogP contribution in [-0.2, 0) is 9.53 Å². The van der Waals surface area contributed by atoms with E-state index in [1.54, 1.807) is 0 Å². The highest BCUT2D eigenvalue weighted by Gasteiger charge is 2.39. The Hall–Kier alpha value is -0.0700. The number of ether oxygens (including phenoxy) is 1. The van der Waals surface area contributed by atoms with Gasteiger partial charge in [0.2, 0.25) is 5.91 Å². The summed E-state index contributed by atoms with van der Waals surface area (Å²) < 4.78 is 5.56. The Morgan fingerprint density at radius 2 is 1.78 bits per heavy atom. The molecule has 1 amide bonds. The number of nitrogens with one attached hydrogen (secondary N) is 2. The number of nitrogens with zero attached hydrogens (tertiary/aromatic N) is 1. The third-order valence-corrected chi connectivity index (χ3v) is 5.00. The zero-order valence-electron chi connectivity index (χ0n) is 14.4. The third-order valence-electron chi connectivity index (χ3n) is 5.00. The molecule has 0 aliphatic carbocycles. The van der Waals surface area contributed by atoms with Crippen molar-refractivity contribution in [1.82, 2.24) is 15.5 Å². The van der Waals surface area contributed by atoms with E-state index in [1.165, 1.54) is 32.4 Å². The van der Waals surface area contributed by atoms with Gasteiger partial charge < -0.3 is 15.4 Å². The van der Waals surface area contributed by atoms with E-state index in [4.69, 9.17) is 4.74 Å². The molecule has 1 unspecified atom stereocenters. The maximum Gasteiger partial charge on any atom is 0.224 e. The monoisotopic (exact) mass is 369 g/mol. The summed E-state index contributed by atoms with van der Waals surface area (Å²) in [5.41, 5.74) is 0.119. The van der Waals surface area contributed by atoms with Crippen molar-refractivity contribution in [3.8, 4) is 0 Å². The molecule has 2 saturated heterocycles. The Bertz CT molecular complexity index is 333. The first-order chi connectivity index (χ1) is 10.2. The Morgan fingerprint density at radius 3 is 2.35 bits per heavy atom. The van der Waals surface area contributed by atoms with Gasteiger partial charge in [-0.15, -0.1) is 24.8 Å². The van der Waals surface area contributed by atoms with Crippen molar-refractivity contribution in [2.45, 2.75) is 44.6 Å². The van der Waals surface area contributed by atoms with Crippen LogP contribution in [0.25, 0.3) is 0 Å². The molecule has 0 aromatic heterocycles. The summed E-state index contributed by atoms with van der Waals surface area (Å²) in [5, 5.41) is 6.27. The maximum atomic E-state index is 12.2. The van der Waals surface area contributed by atoms with Crippen molar-refractivity contribution >= 4 is 30.7 Å². The van der Waals surface area contributed by atoms with Crippen LogP contribution in [0.3, 0.4) is 0 Å². The second-order valence-electron chi connectivity index (χ2n) is 6.56. The highest BCUT2D eigenvalue weighted by Crippen LogP contribution is 2.30.